The number of para-hydroxylation sites is 1. The molecule has 9 rings (SSSR count). The summed E-state index contributed by atoms with van der Waals surface area (Å²) < 4.78 is 12.2. The zero-order valence-corrected chi connectivity index (χ0v) is 32.7. The predicted octanol–water partition coefficient (Wildman–Crippen LogP) is 4.22. The van der Waals surface area contributed by atoms with Gasteiger partial charge in [0.1, 0.15) is 17.3 Å². The number of rotatable bonds is 6. The summed E-state index contributed by atoms with van der Waals surface area (Å²) in [5.74, 6) is -0.599. The average Bonchev–Trinajstić information content (AvgIpc) is 3.84. The molecule has 2 bridgehead atoms. The number of nitrogens with two attached hydrogens (primary N) is 1. The normalized spacial score (nSPS) is 39.0. The summed E-state index contributed by atoms with van der Waals surface area (Å²) >= 11 is 0. The highest BCUT2D eigenvalue weighted by Crippen LogP contribution is 2.67. The van der Waals surface area contributed by atoms with Crippen LogP contribution in [0.15, 0.2) is 48.6 Å². The number of nitrogens with one attached hydrogen (secondary N) is 1. The maximum atomic E-state index is 15.2. The van der Waals surface area contributed by atoms with Crippen LogP contribution in [0.25, 0.3) is 10.9 Å². The van der Waals surface area contributed by atoms with Crippen molar-refractivity contribution in [2.45, 2.75) is 112 Å². The van der Waals surface area contributed by atoms with Gasteiger partial charge in [0.2, 0.25) is 0 Å². The zero-order chi connectivity index (χ0) is 38.9. The molecule has 294 valence electrons. The summed E-state index contributed by atoms with van der Waals surface area (Å²) in [5.41, 5.74) is 4.97. The number of carbonyl (C=O) groups is 2. The Morgan fingerprint density at radius 3 is 2.49 bits per heavy atom. The molecule has 6 N–H and O–H groups in total. The maximum Gasteiger partial charge on any atom is 0.322 e. The van der Waals surface area contributed by atoms with Crippen molar-refractivity contribution in [3.8, 4) is 5.75 Å². The molecule has 55 heavy (non-hydrogen) atoms. The topological polar surface area (TPSA) is 162 Å². The monoisotopic (exact) mass is 752 g/mol. The van der Waals surface area contributed by atoms with Crippen LogP contribution in [-0.4, -0.2) is 101 Å². The Bertz CT molecular complexity index is 2120. The first-order valence-electron chi connectivity index (χ1n) is 20.3. The highest BCUT2D eigenvalue weighted by molar-refractivity contribution is 5.95. The summed E-state index contributed by atoms with van der Waals surface area (Å²) in [4.78, 5) is 37.0. The van der Waals surface area contributed by atoms with Gasteiger partial charge in [-0.3, -0.25) is 14.5 Å². The predicted molar refractivity (Wildman–Crippen MR) is 209 cm³/mol. The molecule has 3 aliphatic carbocycles. The third kappa shape index (κ3) is 4.52. The molecule has 3 aliphatic heterocycles. The molecule has 1 aromatic heterocycles. The van der Waals surface area contributed by atoms with Crippen LogP contribution in [0.4, 0.5) is 5.69 Å². The summed E-state index contributed by atoms with van der Waals surface area (Å²) in [6.07, 6.45) is 8.52. The van der Waals surface area contributed by atoms with Crippen molar-refractivity contribution in [2.24, 2.45) is 23.0 Å². The molecule has 11 heteroatoms. The number of hydrogen-bond acceptors (Lipinski definition) is 9. The lowest BCUT2D eigenvalue weighted by atomic mass is 9.47. The fourth-order valence-electron chi connectivity index (χ4n) is 13.5. The minimum Gasteiger partial charge on any atom is -0.496 e. The van der Waals surface area contributed by atoms with E-state index < -0.39 is 51.5 Å². The van der Waals surface area contributed by atoms with E-state index in [1.165, 1.54) is 7.11 Å². The molecular weight excluding hydrogens is 697 g/mol. The van der Waals surface area contributed by atoms with E-state index in [4.69, 9.17) is 15.2 Å². The Labute approximate surface area is 322 Å². The quantitative estimate of drug-likeness (QED) is 0.184. The standard InChI is InChI=1S/C44H56N4O7/c1-6-40(52)22-25-13-14-28-27-11-8-9-12-31(27)46-34(28)43(39(51)55-5,24-26(19-25)23-40)30-20-29-32(21-33(30)54-4)47(3)36-42(29)16-18-48-17-10-15-41(7-2,35(42)48)37(49)44(36,53)38(45)50/h8-12,15,20-21,25-26,35-37,46,49,52-53H,6-7,13-14,16-19,22-24H2,1-5H3,(H2,45,50)/t25?,26-,35+,36-,37?,40-,41-,42-,43+,44+/m1/s1. The van der Waals surface area contributed by atoms with Crippen LogP contribution in [0, 0.1) is 17.3 Å². The summed E-state index contributed by atoms with van der Waals surface area (Å²) in [6, 6.07) is 11.1. The van der Waals surface area contributed by atoms with Gasteiger partial charge in [0, 0.05) is 64.4 Å². The van der Waals surface area contributed by atoms with Crippen molar-refractivity contribution in [1.82, 2.24) is 9.88 Å². The average molecular weight is 753 g/mol. The van der Waals surface area contributed by atoms with Crippen LogP contribution in [0.2, 0.25) is 0 Å². The van der Waals surface area contributed by atoms with Crippen molar-refractivity contribution in [3.05, 3.63) is 70.9 Å². The van der Waals surface area contributed by atoms with Gasteiger partial charge in [0.25, 0.3) is 5.91 Å². The Balaban J connectivity index is 1.36. The number of benzene rings is 2. The molecule has 3 aromatic rings. The molecule has 4 heterocycles. The number of nitrogens with zero attached hydrogens (tertiary/aromatic N) is 2. The van der Waals surface area contributed by atoms with Gasteiger partial charge in [-0.2, -0.15) is 0 Å². The Morgan fingerprint density at radius 2 is 1.78 bits per heavy atom. The van der Waals surface area contributed by atoms with Crippen molar-refractivity contribution >= 4 is 28.5 Å². The summed E-state index contributed by atoms with van der Waals surface area (Å²) in [6.45, 7) is 5.42. The molecule has 0 radical (unpaired) electrons. The van der Waals surface area contributed by atoms with Gasteiger partial charge in [0.15, 0.2) is 5.60 Å². The number of anilines is 1. The third-order valence-corrected chi connectivity index (χ3v) is 15.7. The summed E-state index contributed by atoms with van der Waals surface area (Å²) in [5, 5.41) is 38.0. The minimum atomic E-state index is -2.30. The third-order valence-electron chi connectivity index (χ3n) is 15.7. The number of primary amides is 1. The van der Waals surface area contributed by atoms with Gasteiger partial charge in [0.05, 0.1) is 25.9 Å². The second-order valence-electron chi connectivity index (χ2n) is 17.8. The van der Waals surface area contributed by atoms with E-state index in [0.717, 1.165) is 59.1 Å². The largest absolute Gasteiger partial charge is 0.496 e. The van der Waals surface area contributed by atoms with Crippen LogP contribution in [-0.2, 0) is 31.6 Å². The molecule has 2 saturated carbocycles. The smallest absolute Gasteiger partial charge is 0.322 e. The molecule has 6 aliphatic rings. The number of carbonyl (C=O) groups excluding carboxylic acids is 2. The Hall–Kier alpha value is -3.90. The number of aliphatic hydroxyl groups is 3. The fraction of sp³-hybridized carbons (Fsp3) is 0.591. The van der Waals surface area contributed by atoms with Crippen molar-refractivity contribution in [3.63, 3.8) is 0 Å². The summed E-state index contributed by atoms with van der Waals surface area (Å²) in [7, 11) is 4.92. The zero-order valence-electron chi connectivity index (χ0n) is 32.7. The number of likely N-dealkylation sites (N-methyl/N-ethyl adjacent to an activating group) is 1. The van der Waals surface area contributed by atoms with Crippen molar-refractivity contribution < 1.29 is 34.4 Å². The SMILES string of the molecule is CC[C@@]1(O)CC2CCc3c([nH]c4ccccc34)[C@@](C(=O)OC)(c3cc4c(cc3OC)N(C)[C@@H]3[C@]45CCN4CC=C[C@@](CC)(C(O)[C@]3(O)C(N)=O)[C@H]45)C[C@H](C2)C1. The highest BCUT2D eigenvalue weighted by Gasteiger charge is 2.78. The number of aromatic amines is 1. The number of aliphatic hydroxyl groups excluding tert-OH is 1. The van der Waals surface area contributed by atoms with Crippen LogP contribution in [0.5, 0.6) is 5.75 Å². The second-order valence-corrected chi connectivity index (χ2v) is 17.8. The van der Waals surface area contributed by atoms with E-state index in [9.17, 15) is 20.1 Å². The van der Waals surface area contributed by atoms with Crippen LogP contribution in [0.3, 0.4) is 0 Å². The molecule has 3 fully saturated rings. The van der Waals surface area contributed by atoms with E-state index in [2.05, 4.69) is 35.0 Å². The number of hydrogen-bond donors (Lipinski definition) is 5. The second kappa shape index (κ2) is 12.3. The van der Waals surface area contributed by atoms with E-state index in [1.54, 1.807) is 7.11 Å². The highest BCUT2D eigenvalue weighted by atomic mass is 16.5. The number of amides is 1. The first kappa shape index (κ1) is 36.7. The lowest BCUT2D eigenvalue weighted by Crippen LogP contribution is -2.81. The molecule has 1 spiro atoms. The molecular formula is C44H56N4O7. The fourth-order valence-corrected chi connectivity index (χ4v) is 13.5. The van der Waals surface area contributed by atoms with Crippen LogP contribution in [0.1, 0.15) is 87.6 Å². The van der Waals surface area contributed by atoms with E-state index in [0.29, 0.717) is 62.4 Å². The number of aryl methyl sites for hydroxylation is 1. The molecule has 2 aromatic carbocycles. The van der Waals surface area contributed by atoms with E-state index >= 15 is 4.79 Å². The lowest BCUT2D eigenvalue weighted by molar-refractivity contribution is -0.201. The number of methoxy groups -OCH3 is 2. The maximum absolute atomic E-state index is 15.2. The van der Waals surface area contributed by atoms with Gasteiger partial charge in [-0.25, -0.2) is 0 Å². The van der Waals surface area contributed by atoms with Crippen LogP contribution < -0.4 is 15.4 Å². The van der Waals surface area contributed by atoms with Crippen molar-refractivity contribution in [1.29, 1.82) is 0 Å². The number of H-pyrrole nitrogens is 1. The number of aromatic nitrogens is 1. The first-order chi connectivity index (χ1) is 26.3. The van der Waals surface area contributed by atoms with Gasteiger partial charge < -0.3 is 40.4 Å². The van der Waals surface area contributed by atoms with Gasteiger partial charge in [-0.05, 0) is 99.4 Å². The first-order valence-corrected chi connectivity index (χ1v) is 20.3. The molecule has 10 atom stereocenters. The molecule has 1 saturated heterocycles. The lowest BCUT2D eigenvalue weighted by Gasteiger charge is -2.63. The Kier molecular flexibility index (Phi) is 8.21. The molecule has 2 unspecified atom stereocenters. The number of ether oxygens (including phenoxy) is 2. The van der Waals surface area contributed by atoms with E-state index in [-0.39, 0.29) is 12.0 Å². The molecule has 11 nitrogen and oxygen atoms in total. The van der Waals surface area contributed by atoms with E-state index in [1.807, 2.05) is 49.2 Å². The molecule has 1 amide bonds. The minimum absolute atomic E-state index is 0.00492. The van der Waals surface area contributed by atoms with Gasteiger partial charge >= 0.3 is 5.97 Å². The Morgan fingerprint density at radius 1 is 1.02 bits per heavy atom. The van der Waals surface area contributed by atoms with Gasteiger partial charge in [-0.1, -0.05) is 44.2 Å². The van der Waals surface area contributed by atoms with Crippen molar-refractivity contribution in [2.75, 3.05) is 39.3 Å². The van der Waals surface area contributed by atoms with Gasteiger partial charge in [-0.15, -0.1) is 0 Å². The van der Waals surface area contributed by atoms with Crippen LogP contribution >= 0.6 is 0 Å². The number of fused-ring (bicyclic) bond motifs is 6. The number of esters is 1.